The number of amides is 2. The number of hydrogen-bond donors (Lipinski definition) is 0. The lowest BCUT2D eigenvalue weighted by atomic mass is 9.89. The summed E-state index contributed by atoms with van der Waals surface area (Å²) in [5.74, 6) is 0.849. The first kappa shape index (κ1) is 23.1. The molecular weight excluding hydrogens is 416 g/mol. The zero-order valence-electron chi connectivity index (χ0n) is 20.4. The van der Waals surface area contributed by atoms with Crippen molar-refractivity contribution in [3.63, 3.8) is 0 Å². The van der Waals surface area contributed by atoms with E-state index in [1.54, 1.807) is 4.90 Å². The Labute approximate surface area is 196 Å². The molecule has 0 N–H and O–H groups in total. The molecule has 33 heavy (non-hydrogen) atoms. The summed E-state index contributed by atoms with van der Waals surface area (Å²) >= 11 is 0. The summed E-state index contributed by atoms with van der Waals surface area (Å²) in [4.78, 5) is 29.3. The van der Waals surface area contributed by atoms with Crippen molar-refractivity contribution in [1.82, 2.24) is 4.90 Å². The van der Waals surface area contributed by atoms with E-state index in [2.05, 4.69) is 37.3 Å². The van der Waals surface area contributed by atoms with Crippen molar-refractivity contribution in [3.8, 4) is 16.9 Å². The van der Waals surface area contributed by atoms with E-state index in [1.807, 2.05) is 32.6 Å². The molecule has 0 bridgehead atoms. The molecule has 0 aromatic heterocycles. The number of rotatable bonds is 2. The van der Waals surface area contributed by atoms with Crippen molar-refractivity contribution < 1.29 is 19.1 Å². The number of aryl methyl sites for hydroxylation is 1. The number of carbonyl (C=O) groups excluding carboxylic acids is 2. The molecule has 0 saturated heterocycles. The largest absolute Gasteiger partial charge is 0.490 e. The van der Waals surface area contributed by atoms with Gasteiger partial charge in [0.25, 0.3) is 0 Å². The highest BCUT2D eigenvalue weighted by molar-refractivity contribution is 6.01. The Bertz CT molecular complexity index is 1070. The molecule has 2 aromatic carbocycles. The van der Waals surface area contributed by atoms with Crippen molar-refractivity contribution in [1.29, 1.82) is 0 Å². The Kier molecular flexibility index (Phi) is 6.37. The number of carbonyl (C=O) groups is 2. The summed E-state index contributed by atoms with van der Waals surface area (Å²) < 4.78 is 11.7. The Hall–Kier alpha value is -3.02. The van der Waals surface area contributed by atoms with Gasteiger partial charge in [-0.05, 0) is 63.3 Å². The molecule has 2 heterocycles. The van der Waals surface area contributed by atoms with E-state index in [-0.39, 0.29) is 12.0 Å². The van der Waals surface area contributed by atoms with Gasteiger partial charge >= 0.3 is 6.09 Å². The van der Waals surface area contributed by atoms with Crippen molar-refractivity contribution in [2.45, 2.75) is 59.5 Å². The Morgan fingerprint density at radius 1 is 1.09 bits per heavy atom. The Morgan fingerprint density at radius 3 is 2.55 bits per heavy atom. The second kappa shape index (κ2) is 9.08. The number of nitrogens with zero attached hydrogens (tertiary/aromatic N) is 2. The molecule has 6 nitrogen and oxygen atoms in total. The molecule has 0 aliphatic carbocycles. The molecule has 0 atom stereocenters. The molecule has 0 spiro atoms. The fourth-order valence-corrected chi connectivity index (χ4v) is 4.66. The van der Waals surface area contributed by atoms with Gasteiger partial charge in [-0.3, -0.25) is 4.79 Å². The van der Waals surface area contributed by atoms with Gasteiger partial charge < -0.3 is 19.3 Å². The normalized spacial score (nSPS) is 15.8. The molecule has 0 unspecified atom stereocenters. The molecule has 6 heteroatoms. The SMILES string of the molecule is CCC(=O)N1CCOc2cc3c(c(-c4cccc(C)c4)c21)CCN(C(=O)OC(C)(C)C)CC3. The third-order valence-electron chi connectivity index (χ3n) is 6.15. The summed E-state index contributed by atoms with van der Waals surface area (Å²) in [6.45, 7) is 11.8. The number of fused-ring (bicyclic) bond motifs is 2. The van der Waals surface area contributed by atoms with Crippen molar-refractivity contribution >= 4 is 17.7 Å². The maximum absolute atomic E-state index is 12.9. The smallest absolute Gasteiger partial charge is 0.410 e. The van der Waals surface area contributed by atoms with E-state index >= 15 is 0 Å². The van der Waals surface area contributed by atoms with E-state index in [0.29, 0.717) is 45.5 Å². The number of hydrogen-bond acceptors (Lipinski definition) is 4. The minimum absolute atomic E-state index is 0.0948. The highest BCUT2D eigenvalue weighted by Gasteiger charge is 2.32. The van der Waals surface area contributed by atoms with Crippen LogP contribution in [-0.4, -0.2) is 48.7 Å². The van der Waals surface area contributed by atoms with Crippen LogP contribution in [0.2, 0.25) is 0 Å². The van der Waals surface area contributed by atoms with Gasteiger partial charge in [-0.15, -0.1) is 0 Å². The molecule has 0 saturated carbocycles. The maximum Gasteiger partial charge on any atom is 0.410 e. The van der Waals surface area contributed by atoms with E-state index in [4.69, 9.17) is 9.47 Å². The third-order valence-corrected chi connectivity index (χ3v) is 6.15. The van der Waals surface area contributed by atoms with Crippen LogP contribution in [0.3, 0.4) is 0 Å². The van der Waals surface area contributed by atoms with Crippen LogP contribution in [0.15, 0.2) is 30.3 Å². The zero-order chi connectivity index (χ0) is 23.8. The highest BCUT2D eigenvalue weighted by Crippen LogP contribution is 2.46. The topological polar surface area (TPSA) is 59.1 Å². The second-order valence-corrected chi connectivity index (χ2v) is 9.82. The standard InChI is InChI=1S/C27H34N2O4/c1-6-23(30)29-14-15-32-22-17-19-10-12-28(26(31)33-27(3,4)5)13-11-21(19)24(25(22)29)20-9-7-8-18(2)16-20/h7-9,16-17H,6,10-15H2,1-5H3. The van der Waals surface area contributed by atoms with Gasteiger partial charge in [-0.2, -0.15) is 0 Å². The Balaban J connectivity index is 1.82. The van der Waals surface area contributed by atoms with E-state index in [9.17, 15) is 9.59 Å². The van der Waals surface area contributed by atoms with Crippen LogP contribution in [0.5, 0.6) is 5.75 Å². The zero-order valence-corrected chi connectivity index (χ0v) is 20.4. The summed E-state index contributed by atoms with van der Waals surface area (Å²) in [5.41, 5.74) is 5.98. The van der Waals surface area contributed by atoms with Gasteiger partial charge in [0.15, 0.2) is 0 Å². The van der Waals surface area contributed by atoms with Crippen LogP contribution in [-0.2, 0) is 22.4 Å². The van der Waals surface area contributed by atoms with Gasteiger partial charge in [-0.1, -0.05) is 36.8 Å². The first-order valence-electron chi connectivity index (χ1n) is 11.8. The van der Waals surface area contributed by atoms with Crippen LogP contribution >= 0.6 is 0 Å². The lowest BCUT2D eigenvalue weighted by Gasteiger charge is -2.33. The summed E-state index contributed by atoms with van der Waals surface area (Å²) in [7, 11) is 0. The lowest BCUT2D eigenvalue weighted by Crippen LogP contribution is -2.38. The fraction of sp³-hybridized carbons (Fsp3) is 0.481. The first-order chi connectivity index (χ1) is 15.7. The van der Waals surface area contributed by atoms with Crippen LogP contribution < -0.4 is 9.64 Å². The number of ether oxygens (including phenoxy) is 2. The maximum atomic E-state index is 12.9. The number of benzene rings is 2. The summed E-state index contributed by atoms with van der Waals surface area (Å²) in [6.07, 6.45) is 1.57. The lowest BCUT2D eigenvalue weighted by molar-refractivity contribution is -0.118. The predicted octanol–water partition coefficient (Wildman–Crippen LogP) is 5.13. The molecule has 0 fully saturated rings. The van der Waals surface area contributed by atoms with E-state index < -0.39 is 5.60 Å². The third kappa shape index (κ3) is 4.85. The van der Waals surface area contributed by atoms with Crippen LogP contribution in [0.25, 0.3) is 11.1 Å². The molecule has 2 aliphatic rings. The molecule has 2 aromatic rings. The van der Waals surface area contributed by atoms with E-state index in [0.717, 1.165) is 28.1 Å². The summed E-state index contributed by atoms with van der Waals surface area (Å²) in [6, 6.07) is 10.5. The predicted molar refractivity (Wildman–Crippen MR) is 130 cm³/mol. The minimum Gasteiger partial charge on any atom is -0.490 e. The number of anilines is 1. The van der Waals surface area contributed by atoms with Crippen LogP contribution in [0.4, 0.5) is 10.5 Å². The molecule has 2 amide bonds. The second-order valence-electron chi connectivity index (χ2n) is 9.82. The minimum atomic E-state index is -0.531. The van der Waals surface area contributed by atoms with Crippen LogP contribution in [0, 0.1) is 6.92 Å². The molecular formula is C27H34N2O4. The van der Waals surface area contributed by atoms with Crippen LogP contribution in [0.1, 0.15) is 50.8 Å². The monoisotopic (exact) mass is 450 g/mol. The quantitative estimate of drug-likeness (QED) is 0.636. The van der Waals surface area contributed by atoms with Gasteiger partial charge in [0.1, 0.15) is 18.0 Å². The van der Waals surface area contributed by atoms with Gasteiger partial charge in [0.2, 0.25) is 5.91 Å². The van der Waals surface area contributed by atoms with Gasteiger partial charge in [0.05, 0.1) is 12.2 Å². The highest BCUT2D eigenvalue weighted by atomic mass is 16.6. The molecule has 176 valence electrons. The van der Waals surface area contributed by atoms with E-state index in [1.165, 1.54) is 11.1 Å². The van der Waals surface area contributed by atoms with Gasteiger partial charge in [-0.25, -0.2) is 4.79 Å². The van der Waals surface area contributed by atoms with Crippen molar-refractivity contribution in [2.75, 3.05) is 31.1 Å². The molecule has 0 radical (unpaired) electrons. The first-order valence-corrected chi connectivity index (χ1v) is 11.8. The molecule has 2 aliphatic heterocycles. The average molecular weight is 451 g/mol. The van der Waals surface area contributed by atoms with Crippen molar-refractivity contribution in [2.24, 2.45) is 0 Å². The fourth-order valence-electron chi connectivity index (χ4n) is 4.66. The van der Waals surface area contributed by atoms with Crippen molar-refractivity contribution in [3.05, 3.63) is 47.0 Å². The summed E-state index contributed by atoms with van der Waals surface area (Å²) in [5, 5.41) is 0. The van der Waals surface area contributed by atoms with Gasteiger partial charge in [0, 0.05) is 25.1 Å². The average Bonchev–Trinajstić information content (AvgIpc) is 2.98. The Morgan fingerprint density at radius 2 is 1.85 bits per heavy atom. The molecule has 4 rings (SSSR count).